The molecule has 4 nitrogen and oxygen atoms in total. The second-order valence-corrected chi connectivity index (χ2v) is 2.76. The minimum atomic E-state index is -4.95. The van der Waals surface area contributed by atoms with E-state index in [9.17, 15) is 13.2 Å². The Morgan fingerprint density at radius 1 is 1.53 bits per heavy atom. The quantitative estimate of drug-likeness (QED) is 0.812. The number of nitrogens with zero attached hydrogens (tertiary/aromatic N) is 2. The first-order valence-corrected chi connectivity index (χ1v) is 3.82. The van der Waals surface area contributed by atoms with Gasteiger partial charge in [0, 0.05) is 6.20 Å². The van der Waals surface area contributed by atoms with Gasteiger partial charge < -0.3 is 10.5 Å². The van der Waals surface area contributed by atoms with Crippen LogP contribution < -0.4 is 10.5 Å². The van der Waals surface area contributed by atoms with Crippen LogP contribution in [-0.4, -0.2) is 11.3 Å². The van der Waals surface area contributed by atoms with Gasteiger partial charge in [-0.05, 0) is 0 Å². The number of pyridine rings is 1. The summed E-state index contributed by atoms with van der Waals surface area (Å²) >= 11 is 5.43. The van der Waals surface area contributed by atoms with Gasteiger partial charge in [-0.1, -0.05) is 11.6 Å². The van der Waals surface area contributed by atoms with E-state index in [0.717, 1.165) is 6.20 Å². The Morgan fingerprint density at radius 3 is 2.60 bits per heavy atom. The summed E-state index contributed by atoms with van der Waals surface area (Å²) in [4.78, 5) is 3.34. The Bertz CT molecular complexity index is 427. The molecule has 15 heavy (non-hydrogen) atoms. The lowest BCUT2D eigenvalue weighted by molar-refractivity contribution is -0.274. The van der Waals surface area contributed by atoms with Crippen LogP contribution in [0.25, 0.3) is 0 Å². The van der Waals surface area contributed by atoms with E-state index in [1.165, 1.54) is 6.07 Å². The molecule has 0 radical (unpaired) electrons. The van der Waals surface area contributed by atoms with Crippen molar-refractivity contribution in [3.05, 3.63) is 16.9 Å². The van der Waals surface area contributed by atoms with Crippen LogP contribution in [0.15, 0.2) is 6.20 Å². The fraction of sp³-hybridized carbons (Fsp3) is 0.143. The number of ether oxygens (including phenoxy) is 1. The first-order valence-electron chi connectivity index (χ1n) is 3.45. The van der Waals surface area contributed by atoms with Crippen molar-refractivity contribution in [1.82, 2.24) is 4.98 Å². The van der Waals surface area contributed by atoms with Gasteiger partial charge in [0.25, 0.3) is 0 Å². The van der Waals surface area contributed by atoms with E-state index < -0.39 is 23.5 Å². The summed E-state index contributed by atoms with van der Waals surface area (Å²) < 4.78 is 39.3. The summed E-state index contributed by atoms with van der Waals surface area (Å²) in [6, 6.07) is 1.41. The maximum atomic E-state index is 11.9. The Kier molecular flexibility index (Phi) is 2.90. The van der Waals surface area contributed by atoms with Gasteiger partial charge in [0.1, 0.15) is 6.07 Å². The first-order chi connectivity index (χ1) is 6.85. The minimum absolute atomic E-state index is 0.215. The van der Waals surface area contributed by atoms with E-state index in [0.29, 0.717) is 0 Å². The third kappa shape index (κ3) is 2.63. The van der Waals surface area contributed by atoms with Gasteiger partial charge in [0.2, 0.25) is 0 Å². The van der Waals surface area contributed by atoms with Crippen molar-refractivity contribution < 1.29 is 17.9 Å². The van der Waals surface area contributed by atoms with Crippen LogP contribution in [0.4, 0.5) is 18.9 Å². The Hall–Kier alpha value is -1.68. The molecule has 0 aliphatic heterocycles. The van der Waals surface area contributed by atoms with Crippen LogP contribution in [0.1, 0.15) is 5.69 Å². The van der Waals surface area contributed by atoms with Crippen molar-refractivity contribution in [2.45, 2.75) is 6.36 Å². The van der Waals surface area contributed by atoms with Gasteiger partial charge in [0.05, 0.1) is 10.7 Å². The number of halogens is 4. The molecule has 0 spiro atoms. The molecule has 1 heterocycles. The number of nitriles is 1. The molecule has 0 fully saturated rings. The average Bonchev–Trinajstić information content (AvgIpc) is 2.11. The molecular weight excluding hydrogens is 235 g/mol. The van der Waals surface area contributed by atoms with Crippen molar-refractivity contribution in [3.63, 3.8) is 0 Å². The standard InChI is InChI=1S/C7H3ClF3N3O/c8-3-2-14-4(1-12)6(5(3)13)15-7(9,10)11/h2H,(H2,13,14). The van der Waals surface area contributed by atoms with Gasteiger partial charge in [0.15, 0.2) is 11.4 Å². The largest absolute Gasteiger partial charge is 0.573 e. The van der Waals surface area contributed by atoms with Crippen LogP contribution in [0.5, 0.6) is 5.75 Å². The van der Waals surface area contributed by atoms with E-state index in [2.05, 4.69) is 9.72 Å². The number of hydrogen-bond donors (Lipinski definition) is 1. The average molecular weight is 238 g/mol. The van der Waals surface area contributed by atoms with Crippen LogP contribution >= 0.6 is 11.6 Å². The molecule has 1 aromatic heterocycles. The van der Waals surface area contributed by atoms with E-state index in [-0.39, 0.29) is 5.02 Å². The summed E-state index contributed by atoms with van der Waals surface area (Å²) in [5, 5.41) is 8.26. The first kappa shape index (κ1) is 11.4. The number of anilines is 1. The molecule has 8 heteroatoms. The Morgan fingerprint density at radius 2 is 2.13 bits per heavy atom. The number of nitrogens with two attached hydrogens (primary N) is 1. The normalized spacial score (nSPS) is 10.9. The van der Waals surface area contributed by atoms with Crippen molar-refractivity contribution >= 4 is 17.3 Å². The highest BCUT2D eigenvalue weighted by molar-refractivity contribution is 6.33. The molecule has 1 rings (SSSR count). The Labute approximate surface area is 87.0 Å². The second kappa shape index (κ2) is 3.82. The van der Waals surface area contributed by atoms with Crippen LogP contribution in [0.3, 0.4) is 0 Å². The number of alkyl halides is 3. The predicted molar refractivity (Wildman–Crippen MR) is 45.1 cm³/mol. The van der Waals surface area contributed by atoms with Gasteiger partial charge in [-0.2, -0.15) is 5.26 Å². The molecule has 2 N–H and O–H groups in total. The predicted octanol–water partition coefficient (Wildman–Crippen LogP) is 2.09. The molecule has 0 saturated carbocycles. The summed E-state index contributed by atoms with van der Waals surface area (Å²) in [5.41, 5.74) is 4.17. The molecule has 0 aromatic carbocycles. The van der Waals surface area contributed by atoms with Crippen molar-refractivity contribution in [1.29, 1.82) is 5.26 Å². The Balaban J connectivity index is 3.26. The zero-order valence-corrected chi connectivity index (χ0v) is 7.73. The van der Waals surface area contributed by atoms with E-state index >= 15 is 0 Å². The van der Waals surface area contributed by atoms with E-state index in [1.807, 2.05) is 0 Å². The topological polar surface area (TPSA) is 71.9 Å². The van der Waals surface area contributed by atoms with Crippen molar-refractivity contribution in [2.75, 3.05) is 5.73 Å². The van der Waals surface area contributed by atoms with Crippen molar-refractivity contribution in [3.8, 4) is 11.8 Å². The van der Waals surface area contributed by atoms with E-state index in [1.54, 1.807) is 0 Å². The number of nitrogen functional groups attached to an aromatic ring is 1. The molecule has 0 aliphatic rings. The molecule has 0 atom stereocenters. The molecule has 0 saturated heterocycles. The highest BCUT2D eigenvalue weighted by atomic mass is 35.5. The summed E-state index contributed by atoms with van der Waals surface area (Å²) in [6.45, 7) is 0. The number of aromatic nitrogens is 1. The van der Waals surface area contributed by atoms with Crippen LogP contribution in [-0.2, 0) is 0 Å². The fourth-order valence-corrected chi connectivity index (χ4v) is 0.919. The van der Waals surface area contributed by atoms with Gasteiger partial charge in [-0.25, -0.2) is 4.98 Å². The molecule has 0 bridgehead atoms. The maximum absolute atomic E-state index is 11.9. The van der Waals surface area contributed by atoms with E-state index in [4.69, 9.17) is 22.6 Å². The molecule has 1 aromatic rings. The second-order valence-electron chi connectivity index (χ2n) is 2.36. The molecule has 0 unspecified atom stereocenters. The third-order valence-electron chi connectivity index (χ3n) is 1.35. The number of rotatable bonds is 1. The highest BCUT2D eigenvalue weighted by Gasteiger charge is 2.34. The fourth-order valence-electron chi connectivity index (χ4n) is 0.784. The van der Waals surface area contributed by atoms with Gasteiger partial charge in [-0.15, -0.1) is 13.2 Å². The van der Waals surface area contributed by atoms with Gasteiger partial charge in [-0.3, -0.25) is 0 Å². The minimum Gasteiger partial charge on any atom is -0.400 e. The highest BCUT2D eigenvalue weighted by Crippen LogP contribution is 2.34. The van der Waals surface area contributed by atoms with Crippen LogP contribution in [0.2, 0.25) is 5.02 Å². The van der Waals surface area contributed by atoms with Gasteiger partial charge >= 0.3 is 6.36 Å². The smallest absolute Gasteiger partial charge is 0.400 e. The summed E-state index contributed by atoms with van der Waals surface area (Å²) in [7, 11) is 0. The lowest BCUT2D eigenvalue weighted by atomic mass is 10.3. The zero-order valence-electron chi connectivity index (χ0n) is 6.97. The lowest BCUT2D eigenvalue weighted by Crippen LogP contribution is -2.19. The summed E-state index contributed by atoms with van der Waals surface area (Å²) in [5.74, 6) is -0.877. The third-order valence-corrected chi connectivity index (χ3v) is 1.65. The summed E-state index contributed by atoms with van der Waals surface area (Å²) in [6.07, 6.45) is -3.98. The molecule has 80 valence electrons. The molecule has 0 aliphatic carbocycles. The maximum Gasteiger partial charge on any atom is 0.573 e. The van der Waals surface area contributed by atoms with Crippen LogP contribution in [0, 0.1) is 11.3 Å². The SMILES string of the molecule is N#Cc1ncc(Cl)c(N)c1OC(F)(F)F. The number of hydrogen-bond acceptors (Lipinski definition) is 4. The zero-order chi connectivity index (χ0) is 11.6. The monoisotopic (exact) mass is 237 g/mol. The molecular formula is C7H3ClF3N3O. The van der Waals surface area contributed by atoms with Crippen molar-refractivity contribution in [2.24, 2.45) is 0 Å². The lowest BCUT2D eigenvalue weighted by Gasteiger charge is -2.12. The molecule has 0 amide bonds.